The van der Waals surface area contributed by atoms with Gasteiger partial charge in [0.05, 0.1) is 11.0 Å². The molecule has 0 amide bonds. The molecule has 2 rings (SSSR count). The Morgan fingerprint density at radius 1 is 1.37 bits per heavy atom. The van der Waals surface area contributed by atoms with E-state index in [4.69, 9.17) is 5.73 Å². The maximum absolute atomic E-state index is 12.5. The van der Waals surface area contributed by atoms with Crippen molar-refractivity contribution in [3.8, 4) is 0 Å². The predicted molar refractivity (Wildman–Crippen MR) is 72.9 cm³/mol. The highest BCUT2D eigenvalue weighted by atomic mass is 32.2. The molecule has 1 aromatic carbocycles. The molecule has 3 N–H and O–H groups in total. The van der Waals surface area contributed by atoms with Gasteiger partial charge in [0.1, 0.15) is 0 Å². The summed E-state index contributed by atoms with van der Waals surface area (Å²) in [6, 6.07) is 6.80. The van der Waals surface area contributed by atoms with Crippen molar-refractivity contribution in [2.75, 3.05) is 13.6 Å². The van der Waals surface area contributed by atoms with E-state index in [0.717, 1.165) is 0 Å². The Hall–Kier alpha value is -0.950. The number of nitrogens with two attached hydrogens (primary N) is 1. The summed E-state index contributed by atoms with van der Waals surface area (Å²) in [5, 5.41) is 9.25. The minimum Gasteiger partial charge on any atom is -0.393 e. The predicted octanol–water partition coefficient (Wildman–Crippen LogP) is 0.537. The van der Waals surface area contributed by atoms with Gasteiger partial charge in [0.2, 0.25) is 10.0 Å². The Balaban J connectivity index is 2.16. The molecule has 0 atom stereocenters. The van der Waals surface area contributed by atoms with Gasteiger partial charge in [-0.2, -0.15) is 0 Å². The highest BCUT2D eigenvalue weighted by molar-refractivity contribution is 7.89. The maximum atomic E-state index is 12.5. The number of hydrogen-bond donors (Lipinski definition) is 2. The van der Waals surface area contributed by atoms with E-state index in [-0.39, 0.29) is 23.5 Å². The van der Waals surface area contributed by atoms with E-state index in [0.29, 0.717) is 24.9 Å². The molecule has 0 spiro atoms. The third-order valence-electron chi connectivity index (χ3n) is 3.61. The van der Waals surface area contributed by atoms with Crippen molar-refractivity contribution in [2.24, 2.45) is 11.7 Å². The van der Waals surface area contributed by atoms with Crippen molar-refractivity contribution in [3.05, 3.63) is 29.8 Å². The fourth-order valence-corrected chi connectivity index (χ4v) is 3.88. The molecule has 0 radical (unpaired) electrons. The van der Waals surface area contributed by atoms with Gasteiger partial charge in [-0.3, -0.25) is 0 Å². The first-order chi connectivity index (χ1) is 8.95. The molecule has 5 nitrogen and oxygen atoms in total. The van der Waals surface area contributed by atoms with Crippen molar-refractivity contribution in [2.45, 2.75) is 30.4 Å². The second-order valence-electron chi connectivity index (χ2n) is 5.09. The highest BCUT2D eigenvalue weighted by Crippen LogP contribution is 2.29. The van der Waals surface area contributed by atoms with Crippen LogP contribution in [-0.4, -0.2) is 37.5 Å². The molecule has 106 valence electrons. The molecule has 19 heavy (non-hydrogen) atoms. The minimum atomic E-state index is -3.50. The molecule has 6 heteroatoms. The third kappa shape index (κ3) is 2.97. The van der Waals surface area contributed by atoms with Crippen molar-refractivity contribution in [1.29, 1.82) is 0 Å². The summed E-state index contributed by atoms with van der Waals surface area (Å²) in [6.45, 7) is 0.643. The minimum absolute atomic E-state index is 0.200. The molecule has 0 aliphatic heterocycles. The second kappa shape index (κ2) is 5.58. The zero-order valence-electron chi connectivity index (χ0n) is 11.0. The van der Waals surface area contributed by atoms with Gasteiger partial charge in [-0.15, -0.1) is 0 Å². The van der Waals surface area contributed by atoms with Crippen LogP contribution in [0.1, 0.15) is 18.4 Å². The SMILES string of the molecule is CN(CC1CC(O)C1)S(=O)(=O)c1ccccc1CN. The summed E-state index contributed by atoms with van der Waals surface area (Å²) in [6.07, 6.45) is 1.09. The van der Waals surface area contributed by atoms with Crippen LogP contribution in [0.25, 0.3) is 0 Å². The Labute approximate surface area is 114 Å². The first-order valence-electron chi connectivity index (χ1n) is 6.37. The summed E-state index contributed by atoms with van der Waals surface area (Å²) in [5.41, 5.74) is 6.22. The van der Waals surface area contributed by atoms with E-state index < -0.39 is 10.0 Å². The number of rotatable bonds is 5. The van der Waals surface area contributed by atoms with Crippen LogP contribution in [0.15, 0.2) is 29.2 Å². The largest absolute Gasteiger partial charge is 0.393 e. The van der Waals surface area contributed by atoms with Gasteiger partial charge in [0, 0.05) is 20.1 Å². The fourth-order valence-electron chi connectivity index (χ4n) is 2.40. The average Bonchev–Trinajstić information content (AvgIpc) is 2.36. The summed E-state index contributed by atoms with van der Waals surface area (Å²) >= 11 is 0. The van der Waals surface area contributed by atoms with Gasteiger partial charge in [0.15, 0.2) is 0 Å². The first-order valence-corrected chi connectivity index (χ1v) is 7.81. The quantitative estimate of drug-likeness (QED) is 0.826. The molecule has 0 saturated heterocycles. The van der Waals surface area contributed by atoms with Crippen LogP contribution in [0, 0.1) is 5.92 Å². The Kier molecular flexibility index (Phi) is 4.25. The number of sulfonamides is 1. The molecule has 0 bridgehead atoms. The van der Waals surface area contributed by atoms with Crippen LogP contribution < -0.4 is 5.73 Å². The van der Waals surface area contributed by atoms with Crippen molar-refractivity contribution in [1.82, 2.24) is 4.31 Å². The van der Waals surface area contributed by atoms with Gasteiger partial charge < -0.3 is 10.8 Å². The molecule has 1 aliphatic carbocycles. The second-order valence-corrected chi connectivity index (χ2v) is 7.10. The standard InChI is InChI=1S/C13H20N2O3S/c1-15(9-10-6-12(16)7-10)19(17,18)13-5-3-2-4-11(13)8-14/h2-5,10,12,16H,6-9,14H2,1H3. The average molecular weight is 284 g/mol. The van der Waals surface area contributed by atoms with E-state index in [1.807, 2.05) is 0 Å². The van der Waals surface area contributed by atoms with Crippen LogP contribution >= 0.6 is 0 Å². The smallest absolute Gasteiger partial charge is 0.243 e. The maximum Gasteiger partial charge on any atom is 0.243 e. The Bertz CT molecular complexity index is 539. The van der Waals surface area contributed by atoms with E-state index in [2.05, 4.69) is 0 Å². The Morgan fingerprint density at radius 2 is 2.00 bits per heavy atom. The lowest BCUT2D eigenvalue weighted by atomic mass is 9.82. The molecule has 1 aromatic rings. The van der Waals surface area contributed by atoms with E-state index in [1.54, 1.807) is 31.3 Å². The van der Waals surface area contributed by atoms with E-state index in [9.17, 15) is 13.5 Å². The number of hydrogen-bond acceptors (Lipinski definition) is 4. The van der Waals surface area contributed by atoms with Crippen molar-refractivity contribution < 1.29 is 13.5 Å². The molecule has 1 aliphatic rings. The van der Waals surface area contributed by atoms with Crippen molar-refractivity contribution >= 4 is 10.0 Å². The molecular formula is C13H20N2O3S. The normalized spacial score (nSPS) is 23.4. The fraction of sp³-hybridized carbons (Fsp3) is 0.538. The summed E-state index contributed by atoms with van der Waals surface area (Å²) in [5.74, 6) is 0.250. The van der Waals surface area contributed by atoms with Gasteiger partial charge in [0.25, 0.3) is 0 Å². The lowest BCUT2D eigenvalue weighted by Gasteiger charge is -2.34. The third-order valence-corrected chi connectivity index (χ3v) is 5.53. The number of aliphatic hydroxyl groups excluding tert-OH is 1. The number of nitrogens with zero attached hydrogens (tertiary/aromatic N) is 1. The molecule has 1 fully saturated rings. The van der Waals surface area contributed by atoms with Crippen LogP contribution in [0.2, 0.25) is 0 Å². The zero-order valence-corrected chi connectivity index (χ0v) is 11.8. The van der Waals surface area contributed by atoms with Crippen LogP contribution in [-0.2, 0) is 16.6 Å². The lowest BCUT2D eigenvalue weighted by Crippen LogP contribution is -2.39. The van der Waals surface area contributed by atoms with Gasteiger partial charge >= 0.3 is 0 Å². The summed E-state index contributed by atoms with van der Waals surface area (Å²) in [4.78, 5) is 0.278. The lowest BCUT2D eigenvalue weighted by molar-refractivity contribution is 0.0367. The highest BCUT2D eigenvalue weighted by Gasteiger charge is 2.32. The van der Waals surface area contributed by atoms with Crippen LogP contribution in [0.5, 0.6) is 0 Å². The monoisotopic (exact) mass is 284 g/mol. The summed E-state index contributed by atoms with van der Waals surface area (Å²) < 4.78 is 26.3. The first kappa shape index (κ1) is 14.5. The molecule has 0 unspecified atom stereocenters. The Morgan fingerprint density at radius 3 is 2.58 bits per heavy atom. The zero-order chi connectivity index (χ0) is 14.0. The number of aliphatic hydroxyl groups is 1. The van der Waals surface area contributed by atoms with E-state index in [1.165, 1.54) is 4.31 Å². The topological polar surface area (TPSA) is 83.6 Å². The van der Waals surface area contributed by atoms with Gasteiger partial charge in [-0.1, -0.05) is 18.2 Å². The van der Waals surface area contributed by atoms with Gasteiger partial charge in [-0.05, 0) is 30.4 Å². The van der Waals surface area contributed by atoms with Crippen molar-refractivity contribution in [3.63, 3.8) is 0 Å². The number of benzene rings is 1. The molecule has 0 aromatic heterocycles. The van der Waals surface area contributed by atoms with Gasteiger partial charge in [-0.25, -0.2) is 12.7 Å². The molecular weight excluding hydrogens is 264 g/mol. The molecule has 1 saturated carbocycles. The summed E-state index contributed by atoms with van der Waals surface area (Å²) in [7, 11) is -1.92. The van der Waals surface area contributed by atoms with Crippen LogP contribution in [0.4, 0.5) is 0 Å². The molecule has 0 heterocycles. The van der Waals surface area contributed by atoms with E-state index >= 15 is 0 Å². The van der Waals surface area contributed by atoms with Crippen LogP contribution in [0.3, 0.4) is 0 Å².